The molecule has 26 heavy (non-hydrogen) atoms. The standard InChI is InChI=1S/C15H17NO2.C6H6O2/c1-11(17)16-9-8-13-5-3-4-12-6-7-14(18-2)10-15(12)13;7-5-1-2-6(8)4-3-5/h3-7,10H,8-9H2,1-2H3,(H,16,17);1-4,7-8H. The topological polar surface area (TPSA) is 78.8 Å². The van der Waals surface area contributed by atoms with Gasteiger partial charge in [-0.25, -0.2) is 0 Å². The highest BCUT2D eigenvalue weighted by Gasteiger charge is 2.03. The minimum atomic E-state index is 0.00724. The average Bonchev–Trinajstić information content (AvgIpc) is 2.64. The quantitative estimate of drug-likeness (QED) is 0.626. The van der Waals surface area contributed by atoms with Crippen molar-refractivity contribution in [3.8, 4) is 17.2 Å². The molecule has 0 atom stereocenters. The summed E-state index contributed by atoms with van der Waals surface area (Å²) in [6, 6.07) is 18.0. The molecule has 0 heterocycles. The molecule has 0 aliphatic carbocycles. The van der Waals surface area contributed by atoms with Crippen LogP contribution >= 0.6 is 0 Å². The number of phenols is 2. The smallest absolute Gasteiger partial charge is 0.216 e. The number of ether oxygens (including phenoxy) is 1. The van der Waals surface area contributed by atoms with Gasteiger partial charge in [0, 0.05) is 13.5 Å². The molecule has 3 N–H and O–H groups in total. The summed E-state index contributed by atoms with van der Waals surface area (Å²) in [6.45, 7) is 2.19. The summed E-state index contributed by atoms with van der Waals surface area (Å²) in [5.41, 5.74) is 1.22. The first-order valence-electron chi connectivity index (χ1n) is 8.27. The molecule has 0 bridgehead atoms. The van der Waals surface area contributed by atoms with Crippen molar-refractivity contribution in [2.75, 3.05) is 13.7 Å². The normalized spacial score (nSPS) is 9.92. The summed E-state index contributed by atoms with van der Waals surface area (Å²) in [4.78, 5) is 10.9. The van der Waals surface area contributed by atoms with Crippen molar-refractivity contribution in [1.29, 1.82) is 0 Å². The number of aromatic hydroxyl groups is 2. The molecule has 136 valence electrons. The van der Waals surface area contributed by atoms with Gasteiger partial charge in [0.05, 0.1) is 7.11 Å². The number of carbonyl (C=O) groups excluding carboxylic acids is 1. The van der Waals surface area contributed by atoms with E-state index < -0.39 is 0 Å². The number of fused-ring (bicyclic) bond motifs is 1. The Kier molecular flexibility index (Phi) is 6.85. The van der Waals surface area contributed by atoms with Crippen LogP contribution in [-0.2, 0) is 11.2 Å². The number of hydrogen-bond acceptors (Lipinski definition) is 4. The Labute approximate surface area is 152 Å². The van der Waals surface area contributed by atoms with E-state index in [9.17, 15) is 4.79 Å². The summed E-state index contributed by atoms with van der Waals surface area (Å²) in [6.07, 6.45) is 0.823. The van der Waals surface area contributed by atoms with Gasteiger partial charge >= 0.3 is 0 Å². The van der Waals surface area contributed by atoms with E-state index >= 15 is 0 Å². The fourth-order valence-corrected chi connectivity index (χ4v) is 2.49. The third-order valence-electron chi connectivity index (χ3n) is 3.80. The van der Waals surface area contributed by atoms with Crippen LogP contribution < -0.4 is 10.1 Å². The number of phenolic OH excluding ortho intramolecular Hbond substituents is 2. The Morgan fingerprint density at radius 3 is 2.23 bits per heavy atom. The Hall–Kier alpha value is -3.21. The molecule has 0 spiro atoms. The first kappa shape index (κ1) is 19.1. The van der Waals surface area contributed by atoms with Crippen molar-refractivity contribution in [3.05, 3.63) is 66.2 Å². The number of nitrogens with one attached hydrogen (secondary N) is 1. The van der Waals surface area contributed by atoms with Crippen LogP contribution in [0.15, 0.2) is 60.7 Å². The van der Waals surface area contributed by atoms with Crippen LogP contribution in [0, 0.1) is 0 Å². The van der Waals surface area contributed by atoms with E-state index in [2.05, 4.69) is 23.5 Å². The van der Waals surface area contributed by atoms with E-state index in [0.29, 0.717) is 6.54 Å². The summed E-state index contributed by atoms with van der Waals surface area (Å²) in [5.74, 6) is 1.20. The minimum absolute atomic E-state index is 0.00724. The first-order chi connectivity index (χ1) is 12.5. The molecule has 3 rings (SSSR count). The maximum absolute atomic E-state index is 10.9. The van der Waals surface area contributed by atoms with Gasteiger partial charge in [-0.2, -0.15) is 0 Å². The first-order valence-corrected chi connectivity index (χ1v) is 8.27. The average molecular weight is 353 g/mol. The van der Waals surface area contributed by atoms with Gasteiger partial charge in [-0.1, -0.05) is 24.3 Å². The van der Waals surface area contributed by atoms with Crippen molar-refractivity contribution < 1.29 is 19.7 Å². The third-order valence-corrected chi connectivity index (χ3v) is 3.80. The van der Waals surface area contributed by atoms with Gasteiger partial charge in [-0.3, -0.25) is 4.79 Å². The van der Waals surface area contributed by atoms with Crippen LogP contribution in [0.4, 0.5) is 0 Å². The van der Waals surface area contributed by atoms with Gasteiger partial charge in [0.1, 0.15) is 17.2 Å². The number of hydrogen-bond donors (Lipinski definition) is 3. The van der Waals surface area contributed by atoms with Crippen LogP contribution in [0.25, 0.3) is 10.8 Å². The van der Waals surface area contributed by atoms with Crippen LogP contribution in [0.5, 0.6) is 17.2 Å². The number of amides is 1. The van der Waals surface area contributed by atoms with Gasteiger partial charge in [0.25, 0.3) is 0 Å². The van der Waals surface area contributed by atoms with Gasteiger partial charge in [0.15, 0.2) is 0 Å². The van der Waals surface area contributed by atoms with Gasteiger partial charge in [0.2, 0.25) is 5.91 Å². The Bertz CT molecular complexity index is 839. The lowest BCUT2D eigenvalue weighted by Crippen LogP contribution is -2.22. The van der Waals surface area contributed by atoms with Crippen molar-refractivity contribution in [3.63, 3.8) is 0 Å². The van der Waals surface area contributed by atoms with Gasteiger partial charge in [-0.15, -0.1) is 0 Å². The lowest BCUT2D eigenvalue weighted by Gasteiger charge is -2.08. The molecule has 0 unspecified atom stereocenters. The molecule has 3 aromatic carbocycles. The maximum atomic E-state index is 10.9. The second kappa shape index (κ2) is 9.32. The predicted molar refractivity (Wildman–Crippen MR) is 103 cm³/mol. The maximum Gasteiger partial charge on any atom is 0.216 e. The molecule has 3 aromatic rings. The second-order valence-corrected chi connectivity index (χ2v) is 5.75. The molecular weight excluding hydrogens is 330 g/mol. The lowest BCUT2D eigenvalue weighted by atomic mass is 10.0. The highest BCUT2D eigenvalue weighted by Crippen LogP contribution is 2.24. The van der Waals surface area contributed by atoms with Crippen molar-refractivity contribution in [1.82, 2.24) is 5.32 Å². The zero-order valence-corrected chi connectivity index (χ0v) is 14.9. The Balaban J connectivity index is 0.000000254. The number of benzene rings is 3. The van der Waals surface area contributed by atoms with Gasteiger partial charge in [-0.05, 0) is 59.2 Å². The largest absolute Gasteiger partial charge is 0.508 e. The van der Waals surface area contributed by atoms with Crippen LogP contribution in [0.1, 0.15) is 12.5 Å². The zero-order chi connectivity index (χ0) is 18.9. The highest BCUT2D eigenvalue weighted by molar-refractivity contribution is 5.87. The molecule has 0 saturated heterocycles. The molecule has 0 saturated carbocycles. The van der Waals surface area contributed by atoms with Crippen LogP contribution in [0.3, 0.4) is 0 Å². The molecule has 0 fully saturated rings. The van der Waals surface area contributed by atoms with Gasteiger partial charge < -0.3 is 20.3 Å². The van der Waals surface area contributed by atoms with E-state index in [0.717, 1.165) is 12.2 Å². The number of rotatable bonds is 4. The molecule has 0 radical (unpaired) electrons. The van der Waals surface area contributed by atoms with Crippen molar-refractivity contribution >= 4 is 16.7 Å². The fraction of sp³-hybridized carbons (Fsp3) is 0.190. The molecule has 1 amide bonds. The van der Waals surface area contributed by atoms with E-state index in [1.807, 2.05) is 18.2 Å². The molecular formula is C21H23NO4. The summed E-state index contributed by atoms with van der Waals surface area (Å²) < 4.78 is 5.25. The number of methoxy groups -OCH3 is 1. The van der Waals surface area contributed by atoms with E-state index in [1.165, 1.54) is 47.5 Å². The molecule has 0 aromatic heterocycles. The molecule has 5 nitrogen and oxygen atoms in total. The van der Waals surface area contributed by atoms with E-state index in [1.54, 1.807) is 7.11 Å². The fourth-order valence-electron chi connectivity index (χ4n) is 2.49. The molecule has 5 heteroatoms. The summed E-state index contributed by atoms with van der Waals surface area (Å²) in [5, 5.41) is 22.5. The van der Waals surface area contributed by atoms with E-state index in [4.69, 9.17) is 14.9 Å². The Morgan fingerprint density at radius 2 is 1.65 bits per heavy atom. The van der Waals surface area contributed by atoms with Crippen molar-refractivity contribution in [2.45, 2.75) is 13.3 Å². The van der Waals surface area contributed by atoms with Crippen molar-refractivity contribution in [2.24, 2.45) is 0 Å². The minimum Gasteiger partial charge on any atom is -0.508 e. The number of carbonyl (C=O) groups is 1. The van der Waals surface area contributed by atoms with Crippen LogP contribution in [0.2, 0.25) is 0 Å². The van der Waals surface area contributed by atoms with E-state index in [-0.39, 0.29) is 17.4 Å². The lowest BCUT2D eigenvalue weighted by molar-refractivity contribution is -0.118. The SMILES string of the molecule is COc1ccc2cccc(CCNC(C)=O)c2c1.Oc1ccc(O)cc1. The molecule has 0 aliphatic heterocycles. The zero-order valence-electron chi connectivity index (χ0n) is 14.9. The monoisotopic (exact) mass is 353 g/mol. The summed E-state index contributed by atoms with van der Waals surface area (Å²) >= 11 is 0. The third kappa shape index (κ3) is 5.70. The predicted octanol–water partition coefficient (Wildman–Crippen LogP) is 3.62. The Morgan fingerprint density at radius 1 is 1.00 bits per heavy atom. The second-order valence-electron chi connectivity index (χ2n) is 5.75. The highest BCUT2D eigenvalue weighted by atomic mass is 16.5. The summed E-state index contributed by atoms with van der Waals surface area (Å²) in [7, 11) is 1.67. The molecule has 0 aliphatic rings. The van der Waals surface area contributed by atoms with Crippen LogP contribution in [-0.4, -0.2) is 29.8 Å².